The van der Waals surface area contributed by atoms with Crippen molar-refractivity contribution >= 4 is 27.7 Å². The number of sulfonamides is 1. The molecule has 2 amide bonds. The molecule has 31 heavy (non-hydrogen) atoms. The third-order valence-corrected chi connectivity index (χ3v) is 7.96. The first kappa shape index (κ1) is 21.9. The van der Waals surface area contributed by atoms with E-state index in [2.05, 4.69) is 0 Å². The predicted octanol–water partition coefficient (Wildman–Crippen LogP) is 3.96. The average Bonchev–Trinajstić information content (AvgIpc) is 3.25. The summed E-state index contributed by atoms with van der Waals surface area (Å²) in [6.07, 6.45) is 2.34. The molecule has 0 N–H and O–H groups in total. The van der Waals surface area contributed by atoms with Gasteiger partial charge in [0.05, 0.1) is 12.0 Å². The van der Waals surface area contributed by atoms with Gasteiger partial charge in [0, 0.05) is 31.2 Å². The van der Waals surface area contributed by atoms with Gasteiger partial charge in [-0.1, -0.05) is 23.7 Å². The number of halogens is 1. The summed E-state index contributed by atoms with van der Waals surface area (Å²) in [4.78, 5) is 17.0. The number of rotatable bonds is 4. The number of piperidine rings is 1. The molecule has 2 heterocycles. The van der Waals surface area contributed by atoms with Gasteiger partial charge in [-0.3, -0.25) is 0 Å². The van der Waals surface area contributed by atoms with Gasteiger partial charge in [-0.15, -0.1) is 0 Å². The van der Waals surface area contributed by atoms with Crippen molar-refractivity contribution in [1.82, 2.24) is 14.1 Å². The fourth-order valence-corrected chi connectivity index (χ4v) is 5.89. The molecular weight excluding hydrogens is 438 g/mol. The lowest BCUT2D eigenvalue weighted by Gasteiger charge is -2.35. The second kappa shape index (κ2) is 9.06. The number of likely N-dealkylation sites (tertiary alicyclic amines) is 1. The maximum Gasteiger partial charge on any atom is 0.321 e. The van der Waals surface area contributed by atoms with Crippen LogP contribution in [-0.4, -0.2) is 61.8 Å². The van der Waals surface area contributed by atoms with E-state index in [1.807, 2.05) is 17.0 Å². The van der Waals surface area contributed by atoms with Crippen molar-refractivity contribution in [2.75, 3.05) is 33.3 Å². The van der Waals surface area contributed by atoms with Crippen LogP contribution in [0.1, 0.15) is 31.0 Å². The second-order valence-corrected chi connectivity index (χ2v) is 10.1. The monoisotopic (exact) mass is 463 g/mol. The van der Waals surface area contributed by atoms with E-state index >= 15 is 0 Å². The minimum atomic E-state index is -3.83. The van der Waals surface area contributed by atoms with Crippen LogP contribution in [0.25, 0.3) is 0 Å². The molecule has 7 nitrogen and oxygen atoms in total. The van der Waals surface area contributed by atoms with Crippen LogP contribution < -0.4 is 4.74 Å². The Morgan fingerprint density at radius 3 is 2.19 bits per heavy atom. The summed E-state index contributed by atoms with van der Waals surface area (Å²) in [7, 11) is -2.26. The van der Waals surface area contributed by atoms with Crippen molar-refractivity contribution in [2.24, 2.45) is 0 Å². The SMILES string of the molecule is COc1ccc(C2N(C(=O)N3CCCCC3)CCN2S(=O)(=O)c2ccc(Cl)cc2)cc1. The van der Waals surface area contributed by atoms with Gasteiger partial charge in [0.2, 0.25) is 10.0 Å². The number of carbonyl (C=O) groups excluding carboxylic acids is 1. The first-order valence-corrected chi connectivity index (χ1v) is 12.2. The zero-order valence-corrected chi connectivity index (χ0v) is 19.0. The topological polar surface area (TPSA) is 70.2 Å². The van der Waals surface area contributed by atoms with E-state index in [1.54, 1.807) is 36.3 Å². The molecule has 2 saturated heterocycles. The molecule has 4 rings (SSSR count). The summed E-state index contributed by atoms with van der Waals surface area (Å²) < 4.78 is 33.7. The fourth-order valence-electron chi connectivity index (χ4n) is 4.19. The highest BCUT2D eigenvalue weighted by Gasteiger charge is 2.44. The lowest BCUT2D eigenvalue weighted by atomic mass is 10.1. The van der Waals surface area contributed by atoms with Crippen LogP contribution in [0, 0.1) is 0 Å². The molecule has 0 radical (unpaired) electrons. The second-order valence-electron chi connectivity index (χ2n) is 7.74. The minimum Gasteiger partial charge on any atom is -0.497 e. The zero-order chi connectivity index (χ0) is 22.0. The molecule has 2 aliphatic rings. The highest BCUT2D eigenvalue weighted by molar-refractivity contribution is 7.89. The third kappa shape index (κ3) is 4.37. The number of hydrogen-bond acceptors (Lipinski definition) is 4. The third-order valence-electron chi connectivity index (χ3n) is 5.84. The van der Waals surface area contributed by atoms with Crippen LogP contribution >= 0.6 is 11.6 Å². The number of hydrogen-bond donors (Lipinski definition) is 0. The molecule has 166 valence electrons. The zero-order valence-electron chi connectivity index (χ0n) is 17.4. The molecule has 2 aromatic carbocycles. The highest BCUT2D eigenvalue weighted by Crippen LogP contribution is 2.36. The number of ether oxygens (including phenoxy) is 1. The Bertz CT molecular complexity index is 1020. The number of methoxy groups -OCH3 is 1. The molecule has 0 aliphatic carbocycles. The Balaban J connectivity index is 1.71. The van der Waals surface area contributed by atoms with Gasteiger partial charge in [-0.2, -0.15) is 4.31 Å². The van der Waals surface area contributed by atoms with Crippen molar-refractivity contribution in [3.8, 4) is 5.75 Å². The van der Waals surface area contributed by atoms with Gasteiger partial charge in [0.15, 0.2) is 0 Å². The summed E-state index contributed by atoms with van der Waals surface area (Å²) in [5.41, 5.74) is 0.723. The maximum absolute atomic E-state index is 13.5. The number of carbonyl (C=O) groups is 1. The van der Waals surface area contributed by atoms with Crippen LogP contribution in [0.3, 0.4) is 0 Å². The van der Waals surface area contributed by atoms with Gasteiger partial charge < -0.3 is 14.5 Å². The van der Waals surface area contributed by atoms with Gasteiger partial charge >= 0.3 is 6.03 Å². The lowest BCUT2D eigenvalue weighted by molar-refractivity contribution is 0.127. The molecule has 0 saturated carbocycles. The Morgan fingerprint density at radius 2 is 1.58 bits per heavy atom. The average molecular weight is 464 g/mol. The standard InChI is InChI=1S/C22H26ClN3O4S/c1-30-19-9-5-17(6-10-19)21-25(22(27)24-13-3-2-4-14-24)15-16-26(21)31(28,29)20-11-7-18(23)8-12-20/h5-12,21H,2-4,13-16H2,1H3. The van der Waals surface area contributed by atoms with E-state index in [1.165, 1.54) is 16.4 Å². The smallest absolute Gasteiger partial charge is 0.321 e. The van der Waals surface area contributed by atoms with Crippen LogP contribution in [-0.2, 0) is 10.0 Å². The first-order valence-electron chi connectivity index (χ1n) is 10.4. The predicted molar refractivity (Wildman–Crippen MR) is 119 cm³/mol. The molecule has 2 fully saturated rings. The Morgan fingerprint density at radius 1 is 0.935 bits per heavy atom. The van der Waals surface area contributed by atoms with Crippen molar-refractivity contribution in [1.29, 1.82) is 0 Å². The molecule has 2 aliphatic heterocycles. The van der Waals surface area contributed by atoms with Crippen molar-refractivity contribution in [3.05, 3.63) is 59.1 Å². The van der Waals surface area contributed by atoms with E-state index in [9.17, 15) is 13.2 Å². The summed E-state index contributed by atoms with van der Waals surface area (Å²) in [6, 6.07) is 13.2. The highest BCUT2D eigenvalue weighted by atomic mass is 35.5. The quantitative estimate of drug-likeness (QED) is 0.688. The molecule has 1 unspecified atom stereocenters. The van der Waals surface area contributed by atoms with E-state index in [-0.39, 0.29) is 17.5 Å². The van der Waals surface area contributed by atoms with Crippen LogP contribution in [0.5, 0.6) is 5.75 Å². The number of benzene rings is 2. The molecule has 9 heteroatoms. The molecule has 1 atom stereocenters. The van der Waals surface area contributed by atoms with Gasteiger partial charge in [0.1, 0.15) is 11.9 Å². The van der Waals surface area contributed by atoms with Crippen molar-refractivity contribution in [2.45, 2.75) is 30.3 Å². The van der Waals surface area contributed by atoms with Gasteiger partial charge in [-0.05, 0) is 61.2 Å². The number of urea groups is 1. The Hall–Kier alpha value is -2.29. The van der Waals surface area contributed by atoms with E-state index < -0.39 is 16.2 Å². The van der Waals surface area contributed by atoms with E-state index in [0.717, 1.165) is 24.8 Å². The van der Waals surface area contributed by atoms with Gasteiger partial charge in [-0.25, -0.2) is 13.2 Å². The van der Waals surface area contributed by atoms with Crippen LogP contribution in [0.4, 0.5) is 4.79 Å². The molecular formula is C22H26ClN3O4S. The summed E-state index contributed by atoms with van der Waals surface area (Å²) >= 11 is 5.95. The largest absolute Gasteiger partial charge is 0.497 e. The molecule has 0 aromatic heterocycles. The normalized spacial score (nSPS) is 20.1. The van der Waals surface area contributed by atoms with Crippen LogP contribution in [0.2, 0.25) is 5.02 Å². The van der Waals surface area contributed by atoms with Gasteiger partial charge in [0.25, 0.3) is 0 Å². The summed E-state index contributed by atoms with van der Waals surface area (Å²) in [5.74, 6) is 0.669. The molecule has 0 spiro atoms. The van der Waals surface area contributed by atoms with Crippen LogP contribution in [0.15, 0.2) is 53.4 Å². The Kier molecular flexibility index (Phi) is 6.41. The molecule has 2 aromatic rings. The van der Waals surface area contributed by atoms with E-state index in [4.69, 9.17) is 16.3 Å². The number of nitrogens with zero attached hydrogens (tertiary/aromatic N) is 3. The van der Waals surface area contributed by atoms with Crippen molar-refractivity contribution in [3.63, 3.8) is 0 Å². The lowest BCUT2D eigenvalue weighted by Crippen LogP contribution is -2.46. The number of amides is 2. The minimum absolute atomic E-state index is 0.116. The summed E-state index contributed by atoms with van der Waals surface area (Å²) in [5, 5.41) is 0.467. The Labute approximate surface area is 188 Å². The maximum atomic E-state index is 13.5. The fraction of sp³-hybridized carbons (Fsp3) is 0.409. The first-order chi connectivity index (χ1) is 14.9. The molecule has 0 bridgehead atoms. The van der Waals surface area contributed by atoms with Crippen molar-refractivity contribution < 1.29 is 17.9 Å². The summed E-state index contributed by atoms with van der Waals surface area (Å²) in [6.45, 7) is 1.96. The van der Waals surface area contributed by atoms with E-state index in [0.29, 0.717) is 30.4 Å².